The fourth-order valence-electron chi connectivity index (χ4n) is 2.48. The van der Waals surface area contributed by atoms with Gasteiger partial charge in [-0.15, -0.1) is 0 Å². The Balaban J connectivity index is 1.62. The Labute approximate surface area is 107 Å². The molecule has 1 aliphatic carbocycles. The zero-order valence-electron chi connectivity index (χ0n) is 10.4. The summed E-state index contributed by atoms with van der Waals surface area (Å²) in [7, 11) is 0. The van der Waals surface area contributed by atoms with Gasteiger partial charge in [0, 0.05) is 5.56 Å². The van der Waals surface area contributed by atoms with Crippen LogP contribution in [-0.4, -0.2) is 25.3 Å². The monoisotopic (exact) mass is 246 g/mol. The molecule has 0 amide bonds. The van der Waals surface area contributed by atoms with Crippen molar-refractivity contribution in [3.05, 3.63) is 35.4 Å². The maximum absolute atomic E-state index is 12.0. The molecule has 1 aromatic carbocycles. The fraction of sp³-hybridized carbons (Fsp3) is 0.533. The topological polar surface area (TPSA) is 35.5 Å². The first kappa shape index (κ1) is 11.9. The van der Waals surface area contributed by atoms with Crippen LogP contribution in [0.15, 0.2) is 24.3 Å². The Bertz CT molecular complexity index is 414. The van der Waals surface area contributed by atoms with Crippen molar-refractivity contribution >= 4 is 5.78 Å². The van der Waals surface area contributed by atoms with Gasteiger partial charge in [0.15, 0.2) is 12.1 Å². The van der Waals surface area contributed by atoms with Crippen molar-refractivity contribution in [1.82, 2.24) is 0 Å². The van der Waals surface area contributed by atoms with E-state index in [0.717, 1.165) is 11.5 Å². The van der Waals surface area contributed by atoms with Gasteiger partial charge in [0.25, 0.3) is 0 Å². The second-order valence-corrected chi connectivity index (χ2v) is 5.05. The maximum atomic E-state index is 12.0. The Morgan fingerprint density at radius 3 is 2.33 bits per heavy atom. The first-order valence-electron chi connectivity index (χ1n) is 6.69. The average Bonchev–Trinajstić information content (AvgIpc) is 2.80. The number of ketones is 1. The van der Waals surface area contributed by atoms with Crippen LogP contribution >= 0.6 is 0 Å². The zero-order chi connectivity index (χ0) is 12.4. The van der Waals surface area contributed by atoms with Crippen LogP contribution in [0.1, 0.15) is 47.5 Å². The lowest BCUT2D eigenvalue weighted by Crippen LogP contribution is -2.14. The van der Waals surface area contributed by atoms with Crippen molar-refractivity contribution in [2.45, 2.75) is 37.9 Å². The molecule has 0 radical (unpaired) electrons. The summed E-state index contributed by atoms with van der Waals surface area (Å²) in [6.45, 7) is 1.19. The van der Waals surface area contributed by atoms with E-state index in [1.54, 1.807) is 0 Å². The molecule has 2 aliphatic rings. The van der Waals surface area contributed by atoms with E-state index < -0.39 is 0 Å². The van der Waals surface area contributed by atoms with E-state index in [-0.39, 0.29) is 12.1 Å². The minimum atomic E-state index is -0.344. The minimum absolute atomic E-state index is 0.0991. The maximum Gasteiger partial charge on any atom is 0.167 e. The van der Waals surface area contributed by atoms with E-state index in [2.05, 4.69) is 12.1 Å². The van der Waals surface area contributed by atoms with Crippen LogP contribution in [0.3, 0.4) is 0 Å². The molecule has 0 bridgehead atoms. The second-order valence-electron chi connectivity index (χ2n) is 5.05. The SMILES string of the molecule is O=C(CC1OCCO1)c1ccc(C2CCC2)cc1. The molecule has 18 heavy (non-hydrogen) atoms. The van der Waals surface area contributed by atoms with E-state index in [0.29, 0.717) is 19.6 Å². The predicted octanol–water partition coefficient (Wildman–Crippen LogP) is 2.90. The van der Waals surface area contributed by atoms with E-state index in [4.69, 9.17) is 9.47 Å². The van der Waals surface area contributed by atoms with Gasteiger partial charge in [0.05, 0.1) is 19.6 Å². The number of benzene rings is 1. The molecule has 0 atom stereocenters. The summed E-state index contributed by atoms with van der Waals surface area (Å²) in [5.74, 6) is 0.817. The molecule has 3 heteroatoms. The molecule has 3 nitrogen and oxygen atoms in total. The number of carbonyl (C=O) groups excluding carboxylic acids is 1. The van der Waals surface area contributed by atoms with E-state index in [1.165, 1.54) is 24.8 Å². The third kappa shape index (κ3) is 2.47. The van der Waals surface area contributed by atoms with Crippen LogP contribution in [0.2, 0.25) is 0 Å². The molecular formula is C15H18O3. The number of rotatable bonds is 4. The Kier molecular flexibility index (Phi) is 3.43. The molecule has 0 N–H and O–H groups in total. The quantitative estimate of drug-likeness (QED) is 0.766. The number of hydrogen-bond acceptors (Lipinski definition) is 3. The molecule has 0 spiro atoms. The Hall–Kier alpha value is -1.19. The smallest absolute Gasteiger partial charge is 0.167 e. The van der Waals surface area contributed by atoms with Gasteiger partial charge in [-0.05, 0) is 24.3 Å². The molecule has 0 aromatic heterocycles. The largest absolute Gasteiger partial charge is 0.350 e. The van der Waals surface area contributed by atoms with Crippen molar-refractivity contribution in [1.29, 1.82) is 0 Å². The Morgan fingerprint density at radius 1 is 1.11 bits per heavy atom. The highest BCUT2D eigenvalue weighted by atomic mass is 16.7. The summed E-state index contributed by atoms with van der Waals surface area (Å²) in [4.78, 5) is 12.0. The highest BCUT2D eigenvalue weighted by Gasteiger charge is 2.22. The van der Waals surface area contributed by atoms with Crippen molar-refractivity contribution < 1.29 is 14.3 Å². The third-order valence-electron chi connectivity index (χ3n) is 3.85. The van der Waals surface area contributed by atoms with Crippen LogP contribution in [0.5, 0.6) is 0 Å². The molecule has 0 unspecified atom stereocenters. The molecule has 1 aliphatic heterocycles. The van der Waals surface area contributed by atoms with E-state index in [1.807, 2.05) is 12.1 Å². The van der Waals surface area contributed by atoms with Gasteiger partial charge in [-0.25, -0.2) is 0 Å². The summed E-state index contributed by atoms with van der Waals surface area (Å²) >= 11 is 0. The highest BCUT2D eigenvalue weighted by Crippen LogP contribution is 2.36. The number of carbonyl (C=O) groups is 1. The molecule has 3 rings (SSSR count). The number of Topliss-reactive ketones (excluding diaryl/α,β-unsaturated/α-hetero) is 1. The van der Waals surface area contributed by atoms with Gasteiger partial charge in [0.1, 0.15) is 0 Å². The second kappa shape index (κ2) is 5.21. The number of ether oxygens (including phenoxy) is 2. The van der Waals surface area contributed by atoms with Crippen LogP contribution in [-0.2, 0) is 9.47 Å². The zero-order valence-corrected chi connectivity index (χ0v) is 10.4. The summed E-state index contributed by atoms with van der Waals surface area (Å²) in [6, 6.07) is 8.05. The van der Waals surface area contributed by atoms with Crippen molar-refractivity contribution in [2.24, 2.45) is 0 Å². The van der Waals surface area contributed by atoms with Gasteiger partial charge >= 0.3 is 0 Å². The van der Waals surface area contributed by atoms with Crippen LogP contribution in [0.25, 0.3) is 0 Å². The lowest BCUT2D eigenvalue weighted by Gasteiger charge is -2.25. The normalized spacial score (nSPS) is 20.9. The fourth-order valence-corrected chi connectivity index (χ4v) is 2.48. The molecule has 1 saturated carbocycles. The molecule has 96 valence electrons. The third-order valence-corrected chi connectivity index (χ3v) is 3.85. The number of hydrogen-bond donors (Lipinski definition) is 0. The van der Waals surface area contributed by atoms with Gasteiger partial charge in [-0.3, -0.25) is 4.79 Å². The molecular weight excluding hydrogens is 228 g/mol. The molecule has 1 heterocycles. The van der Waals surface area contributed by atoms with Gasteiger partial charge in [-0.1, -0.05) is 30.7 Å². The summed E-state index contributed by atoms with van der Waals surface area (Å²) < 4.78 is 10.6. The minimum Gasteiger partial charge on any atom is -0.350 e. The molecule has 1 aromatic rings. The standard InChI is InChI=1S/C15H18O3/c16-14(10-15-17-8-9-18-15)13-6-4-12(5-7-13)11-2-1-3-11/h4-7,11,15H,1-3,8-10H2. The van der Waals surface area contributed by atoms with E-state index >= 15 is 0 Å². The first-order chi connectivity index (χ1) is 8.83. The van der Waals surface area contributed by atoms with Crippen LogP contribution in [0.4, 0.5) is 0 Å². The molecule has 1 saturated heterocycles. The van der Waals surface area contributed by atoms with Gasteiger partial charge in [-0.2, -0.15) is 0 Å². The van der Waals surface area contributed by atoms with Crippen molar-refractivity contribution in [2.75, 3.05) is 13.2 Å². The molecule has 2 fully saturated rings. The highest BCUT2D eigenvalue weighted by molar-refractivity contribution is 5.96. The summed E-state index contributed by atoms with van der Waals surface area (Å²) in [6.07, 6.45) is 3.89. The van der Waals surface area contributed by atoms with Crippen LogP contribution < -0.4 is 0 Å². The lowest BCUT2D eigenvalue weighted by atomic mass is 9.80. The van der Waals surface area contributed by atoms with Crippen LogP contribution in [0, 0.1) is 0 Å². The van der Waals surface area contributed by atoms with Crippen molar-refractivity contribution in [3.63, 3.8) is 0 Å². The lowest BCUT2D eigenvalue weighted by molar-refractivity contribution is -0.0407. The average molecular weight is 246 g/mol. The predicted molar refractivity (Wildman–Crippen MR) is 67.7 cm³/mol. The summed E-state index contributed by atoms with van der Waals surface area (Å²) in [5.41, 5.74) is 2.13. The van der Waals surface area contributed by atoms with Crippen molar-refractivity contribution in [3.8, 4) is 0 Å². The van der Waals surface area contributed by atoms with Gasteiger partial charge < -0.3 is 9.47 Å². The van der Waals surface area contributed by atoms with Gasteiger partial charge in [0.2, 0.25) is 0 Å². The summed E-state index contributed by atoms with van der Waals surface area (Å²) in [5, 5.41) is 0. The Morgan fingerprint density at radius 2 is 1.78 bits per heavy atom. The first-order valence-corrected chi connectivity index (χ1v) is 6.69. The van der Waals surface area contributed by atoms with E-state index in [9.17, 15) is 4.79 Å².